The number of nitrogens with one attached hydrogen (secondary N) is 3. The van der Waals surface area contributed by atoms with Crippen molar-refractivity contribution in [2.24, 2.45) is 11.3 Å². The lowest BCUT2D eigenvalue weighted by Crippen LogP contribution is -2.56. The first-order valence-electron chi connectivity index (χ1n) is 27.3. The van der Waals surface area contributed by atoms with Gasteiger partial charge >= 0.3 is 0 Å². The van der Waals surface area contributed by atoms with E-state index >= 15 is 0 Å². The van der Waals surface area contributed by atoms with Gasteiger partial charge in [-0.15, -0.1) is 0 Å². The molecule has 2 aliphatic carbocycles. The van der Waals surface area contributed by atoms with Crippen molar-refractivity contribution in [1.82, 2.24) is 19.6 Å². The zero-order valence-electron chi connectivity index (χ0n) is 44.0. The van der Waals surface area contributed by atoms with Gasteiger partial charge in [-0.1, -0.05) is 18.2 Å². The van der Waals surface area contributed by atoms with Gasteiger partial charge in [-0.3, -0.25) is 19.8 Å². The first-order valence-corrected chi connectivity index (χ1v) is 28.8. The Bertz CT molecular complexity index is 3080. The van der Waals surface area contributed by atoms with Crippen LogP contribution in [0.25, 0.3) is 11.0 Å². The van der Waals surface area contributed by atoms with Gasteiger partial charge in [-0.05, 0) is 165 Å². The molecule has 5 fully saturated rings. The number of likely N-dealkylation sites (tertiary alicyclic amines) is 1. The van der Waals surface area contributed by atoms with Crippen LogP contribution in [0.3, 0.4) is 0 Å². The van der Waals surface area contributed by atoms with Crippen molar-refractivity contribution in [3.63, 3.8) is 0 Å². The molecule has 0 unspecified atom stereocenters. The zero-order valence-corrected chi connectivity index (χ0v) is 44.8. The van der Waals surface area contributed by atoms with Gasteiger partial charge in [-0.25, -0.2) is 13.1 Å². The topological polar surface area (TPSA) is 225 Å². The van der Waals surface area contributed by atoms with E-state index in [4.69, 9.17) is 19.2 Å². The van der Waals surface area contributed by atoms with E-state index in [1.54, 1.807) is 12.3 Å². The van der Waals surface area contributed by atoms with Crippen LogP contribution in [0.4, 0.5) is 28.4 Å². The SMILES string of the molecule is CC(C)Oc1ccccc1[C@@H]1CC[C@](C)(O)CCN1C1CC2(CCN(c3ccc(C(=O)NS(=O)(=O)c4ccc(NCC5CCC(C)(O)CC5)c([N+](=O)[O-])c4)c(N4c5cc6cc[nH]c6nc5O[C@H]5COCC[C@@H]54)c3)CC2)C1. The lowest BCUT2D eigenvalue weighted by atomic mass is 9.59. The van der Waals surface area contributed by atoms with Crippen molar-refractivity contribution in [1.29, 1.82) is 0 Å². The molecule has 3 aromatic carbocycles. The minimum absolute atomic E-state index is 0.0426. The number of piperidine rings is 1. The number of benzene rings is 3. The minimum atomic E-state index is -4.64. The van der Waals surface area contributed by atoms with Crippen molar-refractivity contribution in [2.75, 3.05) is 54.5 Å². The number of nitro benzene ring substituents is 1. The van der Waals surface area contributed by atoms with E-state index in [0.717, 1.165) is 93.9 Å². The molecule has 6 heterocycles. The molecule has 4 aliphatic heterocycles. The third kappa shape index (κ3) is 10.6. The fourth-order valence-corrected chi connectivity index (χ4v) is 14.0. The van der Waals surface area contributed by atoms with Crippen LogP contribution in [0, 0.1) is 21.4 Å². The Morgan fingerprint density at radius 1 is 0.921 bits per heavy atom. The summed E-state index contributed by atoms with van der Waals surface area (Å²) in [5.41, 5.74) is 2.37. The second-order valence-corrected chi connectivity index (χ2v) is 25.1. The number of hydrogen-bond acceptors (Lipinski definition) is 15. The molecule has 0 bridgehead atoms. The number of aromatic nitrogens is 2. The van der Waals surface area contributed by atoms with Gasteiger partial charge in [0.25, 0.3) is 21.6 Å². The fraction of sp³-hybridized carbons (Fsp3) is 0.544. The number of amides is 1. The molecule has 2 aromatic heterocycles. The number of para-hydroxylation sites is 1. The van der Waals surface area contributed by atoms with Crippen molar-refractivity contribution in [2.45, 2.75) is 151 Å². The number of nitro groups is 1. The van der Waals surface area contributed by atoms with Crippen LogP contribution in [0.1, 0.15) is 127 Å². The van der Waals surface area contributed by atoms with E-state index < -0.39 is 48.7 Å². The van der Waals surface area contributed by atoms with Crippen LogP contribution >= 0.6 is 0 Å². The number of anilines is 4. The molecule has 18 nitrogen and oxygen atoms in total. The van der Waals surface area contributed by atoms with Gasteiger partial charge < -0.3 is 44.5 Å². The Morgan fingerprint density at radius 3 is 2.43 bits per heavy atom. The van der Waals surface area contributed by atoms with Crippen LogP contribution in [-0.4, -0.2) is 119 Å². The number of sulfonamides is 1. The summed E-state index contributed by atoms with van der Waals surface area (Å²) in [6.07, 6.45) is 11.1. The predicted octanol–water partition coefficient (Wildman–Crippen LogP) is 9.15. The number of carbonyl (C=O) groups excluding carboxylic acids is 1. The predicted molar refractivity (Wildman–Crippen MR) is 290 cm³/mol. The third-order valence-electron chi connectivity index (χ3n) is 17.5. The van der Waals surface area contributed by atoms with E-state index in [1.807, 2.05) is 44.2 Å². The van der Waals surface area contributed by atoms with E-state index in [0.29, 0.717) is 67.8 Å². The molecule has 5 aromatic rings. The smallest absolute Gasteiger partial charge is 0.293 e. The van der Waals surface area contributed by atoms with E-state index in [9.17, 15) is 33.5 Å². The van der Waals surface area contributed by atoms with E-state index in [1.165, 1.54) is 17.7 Å². The Morgan fingerprint density at radius 2 is 1.67 bits per heavy atom. The Hall–Kier alpha value is -5.99. The van der Waals surface area contributed by atoms with Gasteiger partial charge in [-0.2, -0.15) is 4.98 Å². The average molecular weight is 1060 g/mol. The summed E-state index contributed by atoms with van der Waals surface area (Å²) in [6.45, 7) is 11.4. The lowest BCUT2D eigenvalue weighted by Gasteiger charge is -2.57. The number of aromatic amines is 1. The largest absolute Gasteiger partial charge is 0.491 e. The molecule has 0 radical (unpaired) electrons. The standard InChI is InChI=1S/C57H72N8O10S/c1-36(2)74-50-8-6-5-7-42(50)45-15-20-56(4,68)21-27-63(45)40-32-57(33-40)22-25-62(26-23-57)39-9-11-43(47(30-39)64-46-17-28-73-35-51(46)75-54-49(64)29-38-16-24-58-52(38)60-54)53(66)61-76(71,72)41-10-12-44(48(31-41)65(69)70)59-34-37-13-18-55(3,67)19-14-37/h5-12,16,24,29-31,36-37,40,45-46,51,59,67-68H,13-15,17-23,25-28,32-35H2,1-4H3,(H,58,60)(H,61,66)/t37?,45-,46-,51-,55?,56-/m0/s1. The molecule has 4 atom stereocenters. The van der Waals surface area contributed by atoms with Crippen molar-refractivity contribution < 1.29 is 42.6 Å². The Labute approximate surface area is 444 Å². The highest BCUT2D eigenvalue weighted by Gasteiger charge is 2.51. The van der Waals surface area contributed by atoms with Crippen molar-refractivity contribution >= 4 is 55.4 Å². The summed E-state index contributed by atoms with van der Waals surface area (Å²) in [5, 5.41) is 38.1. The van der Waals surface area contributed by atoms with Gasteiger partial charge in [0.15, 0.2) is 0 Å². The Kier molecular flexibility index (Phi) is 14.0. The van der Waals surface area contributed by atoms with Crippen LogP contribution < -0.4 is 29.3 Å². The number of rotatable bonds is 13. The molecule has 6 aliphatic rings. The maximum absolute atomic E-state index is 14.8. The summed E-state index contributed by atoms with van der Waals surface area (Å²) in [4.78, 5) is 41.2. The van der Waals surface area contributed by atoms with Gasteiger partial charge in [0.1, 0.15) is 28.9 Å². The first-order chi connectivity index (χ1) is 36.3. The van der Waals surface area contributed by atoms with Gasteiger partial charge in [0, 0.05) is 73.8 Å². The Balaban J connectivity index is 0.863. The van der Waals surface area contributed by atoms with E-state index in [-0.39, 0.29) is 47.4 Å². The van der Waals surface area contributed by atoms with Crippen LogP contribution in [0.15, 0.2) is 83.9 Å². The highest BCUT2D eigenvalue weighted by atomic mass is 32.2. The number of hydrogen-bond donors (Lipinski definition) is 5. The van der Waals surface area contributed by atoms with Crippen molar-refractivity contribution in [3.8, 4) is 11.6 Å². The molecule has 5 N–H and O–H groups in total. The highest BCUT2D eigenvalue weighted by molar-refractivity contribution is 7.90. The summed E-state index contributed by atoms with van der Waals surface area (Å²) >= 11 is 0. The normalized spacial score (nSPS) is 27.0. The molecule has 76 heavy (non-hydrogen) atoms. The molecule has 1 spiro atoms. The minimum Gasteiger partial charge on any atom is -0.491 e. The van der Waals surface area contributed by atoms with Crippen LogP contribution in [-0.2, 0) is 14.8 Å². The summed E-state index contributed by atoms with van der Waals surface area (Å²) in [7, 11) is -4.64. The third-order valence-corrected chi connectivity index (χ3v) is 18.8. The van der Waals surface area contributed by atoms with Crippen LogP contribution in [0.2, 0.25) is 0 Å². The molecule has 2 saturated carbocycles. The number of ether oxygens (including phenoxy) is 3. The molecular weight excluding hydrogens is 989 g/mol. The summed E-state index contributed by atoms with van der Waals surface area (Å²) < 4.78 is 49.5. The van der Waals surface area contributed by atoms with Gasteiger partial charge in [0.2, 0.25) is 5.88 Å². The number of aliphatic hydroxyl groups is 2. The molecular formula is C57H72N8O10S. The second-order valence-electron chi connectivity index (χ2n) is 23.4. The number of carbonyl (C=O) groups is 1. The summed E-state index contributed by atoms with van der Waals surface area (Å²) in [5.74, 6) is 0.564. The number of fused-ring (bicyclic) bond motifs is 3. The number of pyridine rings is 1. The first kappa shape index (κ1) is 52.1. The maximum atomic E-state index is 14.8. The lowest BCUT2D eigenvalue weighted by molar-refractivity contribution is -0.384. The molecule has 19 heteroatoms. The maximum Gasteiger partial charge on any atom is 0.293 e. The number of H-pyrrole nitrogens is 1. The number of nitrogens with zero attached hydrogens (tertiary/aromatic N) is 5. The summed E-state index contributed by atoms with van der Waals surface area (Å²) in [6, 6.07) is 21.7. The van der Waals surface area contributed by atoms with E-state index in [2.05, 4.69) is 61.8 Å². The van der Waals surface area contributed by atoms with Crippen molar-refractivity contribution in [3.05, 3.63) is 100 Å². The molecule has 11 rings (SSSR count). The monoisotopic (exact) mass is 1060 g/mol. The molecule has 3 saturated heterocycles. The quantitative estimate of drug-likeness (QED) is 0.0548. The zero-order chi connectivity index (χ0) is 53.1. The molecule has 406 valence electrons. The van der Waals surface area contributed by atoms with Crippen LogP contribution in [0.5, 0.6) is 11.6 Å². The average Bonchev–Trinajstić information content (AvgIpc) is 3.81. The van der Waals surface area contributed by atoms with Gasteiger partial charge in [0.05, 0.1) is 51.0 Å². The molecule has 1 amide bonds. The second kappa shape index (κ2) is 20.4. The fourth-order valence-electron chi connectivity index (χ4n) is 13.0. The highest BCUT2D eigenvalue weighted by Crippen LogP contribution is 2.55.